The Balaban J connectivity index is -0.000000174. The summed E-state index contributed by atoms with van der Waals surface area (Å²) in [5.41, 5.74) is 7.29. The van der Waals surface area contributed by atoms with E-state index in [1.807, 2.05) is 146 Å². The Bertz CT molecular complexity index is 1930. The molecule has 0 N–H and O–H groups in total. The first-order chi connectivity index (χ1) is 34.8. The van der Waals surface area contributed by atoms with Crippen molar-refractivity contribution in [3.05, 3.63) is 243 Å². The van der Waals surface area contributed by atoms with Crippen LogP contribution in [-0.2, 0) is 57.2 Å². The van der Waals surface area contributed by atoms with Gasteiger partial charge in [-0.1, -0.05) is 211 Å². The van der Waals surface area contributed by atoms with Crippen LogP contribution in [0.3, 0.4) is 0 Å². The third kappa shape index (κ3) is 54.0. The minimum absolute atomic E-state index is 0.347. The smallest absolute Gasteiger partial charge is 0.332 e. The second-order valence-corrected chi connectivity index (χ2v) is 14.1. The molecule has 0 bridgehead atoms. The van der Waals surface area contributed by atoms with E-state index in [9.17, 15) is 28.8 Å². The van der Waals surface area contributed by atoms with Gasteiger partial charge in [0.2, 0.25) is 0 Å². The summed E-state index contributed by atoms with van der Waals surface area (Å²) in [5.74, 6) is -2.08. The van der Waals surface area contributed by atoms with Gasteiger partial charge < -0.3 is 28.4 Å². The first-order valence-corrected chi connectivity index (χ1v) is 22.0. The molecule has 0 radical (unpaired) electrons. The molecule has 74 heavy (non-hydrogen) atoms. The molecule has 12 nitrogen and oxygen atoms in total. The zero-order chi connectivity index (χ0) is 58.5. The maximum Gasteiger partial charge on any atom is 0.332 e. The average Bonchev–Trinajstić information content (AvgIpc) is 3.43. The van der Waals surface area contributed by atoms with Crippen LogP contribution >= 0.6 is 0 Å². The summed E-state index contributed by atoms with van der Waals surface area (Å²) in [5, 5.41) is 0. The molecule has 0 unspecified atom stereocenters. The highest BCUT2D eigenvalue weighted by molar-refractivity contribution is 5.88. The van der Waals surface area contributed by atoms with Gasteiger partial charge in [-0.05, 0) is 63.8 Å². The summed E-state index contributed by atoms with van der Waals surface area (Å²) >= 11 is 0. The van der Waals surface area contributed by atoms with Crippen LogP contribution in [0.2, 0.25) is 0 Å². The fourth-order valence-corrected chi connectivity index (χ4v) is 3.40. The third-order valence-corrected chi connectivity index (χ3v) is 7.34. The summed E-state index contributed by atoms with van der Waals surface area (Å²) in [7, 11) is 7.98. The Labute approximate surface area is 442 Å². The molecule has 400 valence electrons. The van der Waals surface area contributed by atoms with E-state index in [0.29, 0.717) is 33.4 Å². The van der Waals surface area contributed by atoms with Crippen LogP contribution in [0.25, 0.3) is 24.3 Å². The second kappa shape index (κ2) is 53.5. The predicted octanol–water partition coefficient (Wildman–Crippen LogP) is 13.7. The Kier molecular flexibility index (Phi) is 55.3. The van der Waals surface area contributed by atoms with Crippen molar-refractivity contribution in [1.82, 2.24) is 0 Å². The predicted molar refractivity (Wildman–Crippen MR) is 307 cm³/mol. The van der Waals surface area contributed by atoms with E-state index < -0.39 is 0 Å². The van der Waals surface area contributed by atoms with Crippen LogP contribution in [0.4, 0.5) is 0 Å². The fourth-order valence-electron chi connectivity index (χ4n) is 3.40. The van der Waals surface area contributed by atoms with Gasteiger partial charge >= 0.3 is 35.8 Å². The molecule has 0 saturated heterocycles. The van der Waals surface area contributed by atoms with Crippen LogP contribution in [0.5, 0.6) is 0 Å². The maximum atomic E-state index is 10.2. The lowest BCUT2D eigenvalue weighted by Gasteiger charge is -1.91. The molecule has 4 rings (SSSR count). The Hall–Kier alpha value is -8.90. The highest BCUT2D eigenvalue weighted by atomic mass is 16.5. The molecule has 0 spiro atoms. The van der Waals surface area contributed by atoms with Crippen molar-refractivity contribution >= 4 is 60.1 Å². The van der Waals surface area contributed by atoms with E-state index in [-0.39, 0.29) is 35.8 Å². The summed E-state index contributed by atoms with van der Waals surface area (Å²) in [6.45, 7) is 44.2. The number of hydrogen-bond acceptors (Lipinski definition) is 12. The molecule has 0 aliphatic rings. The van der Waals surface area contributed by atoms with Crippen LogP contribution in [-0.4, -0.2) is 78.5 Å². The van der Waals surface area contributed by atoms with Gasteiger partial charge in [0.25, 0.3) is 0 Å². The number of hydrogen-bond donors (Lipinski definition) is 0. The molecule has 12 heteroatoms. The van der Waals surface area contributed by atoms with Gasteiger partial charge in [0, 0.05) is 33.4 Å². The number of methoxy groups -OCH3 is 6. The van der Waals surface area contributed by atoms with Gasteiger partial charge in [0.15, 0.2) is 0 Å². The minimum Gasteiger partial charge on any atom is -0.466 e. The molecule has 0 aliphatic heterocycles. The molecule has 4 aromatic rings. The minimum atomic E-state index is -0.347. The lowest BCUT2D eigenvalue weighted by Crippen LogP contribution is -1.98. The van der Waals surface area contributed by atoms with Gasteiger partial charge in [0.1, 0.15) is 0 Å². The molecular formula is C62H80O12. The van der Waals surface area contributed by atoms with E-state index in [0.717, 1.165) is 0 Å². The number of ether oxygens (including phenoxy) is 6. The van der Waals surface area contributed by atoms with Gasteiger partial charge in [-0.15, -0.1) is 0 Å². The Morgan fingerprint density at radius 3 is 0.419 bits per heavy atom. The lowest BCUT2D eigenvalue weighted by molar-refractivity contribution is -0.136. The molecule has 0 aromatic heterocycles. The summed E-state index contributed by atoms with van der Waals surface area (Å²) < 4.78 is 25.6. The molecule has 0 atom stereocenters. The molecule has 0 amide bonds. The topological polar surface area (TPSA) is 158 Å². The molecule has 0 aliphatic carbocycles. The normalized spacial score (nSPS) is 8.05. The maximum absolute atomic E-state index is 10.2. The van der Waals surface area contributed by atoms with Gasteiger partial charge in [-0.3, -0.25) is 0 Å². The van der Waals surface area contributed by atoms with Crippen molar-refractivity contribution in [3.63, 3.8) is 0 Å². The van der Waals surface area contributed by atoms with Crippen LogP contribution in [0.1, 0.15) is 63.8 Å². The second-order valence-electron chi connectivity index (χ2n) is 14.1. The average molecular weight is 1020 g/mol. The zero-order valence-electron chi connectivity index (χ0n) is 45.8. The molecule has 0 heterocycles. The quantitative estimate of drug-likeness (QED) is 0.0842. The van der Waals surface area contributed by atoms with Crippen molar-refractivity contribution < 1.29 is 57.2 Å². The number of rotatable bonds is 10. The molecule has 0 saturated carbocycles. The molecule has 4 aromatic carbocycles. The van der Waals surface area contributed by atoms with Crippen molar-refractivity contribution in [2.45, 2.75) is 41.5 Å². The van der Waals surface area contributed by atoms with Crippen molar-refractivity contribution in [2.24, 2.45) is 0 Å². The Morgan fingerprint density at radius 1 is 0.270 bits per heavy atom. The summed E-state index contributed by atoms with van der Waals surface area (Å²) in [6, 6.07) is 40.1. The largest absolute Gasteiger partial charge is 0.466 e. The van der Waals surface area contributed by atoms with Crippen molar-refractivity contribution in [2.75, 3.05) is 42.7 Å². The SMILES string of the molecule is C=C(C)C(=O)OC.C=C(C)C(=O)OC.C=C(C)C(=O)OC.C=C(C)C(=O)OC.C=C(C)C(=O)OC.C=C(C)C(=O)OC.C=Cc1ccccc1.C=Cc1ccccc1.C=Cc1ccccc1.C=Cc1ccccc1. The fraction of sp³-hybridized carbons (Fsp3) is 0.194. The highest BCUT2D eigenvalue weighted by Crippen LogP contribution is 2.00. The number of carbonyl (C=O) groups excluding carboxylic acids is 6. The monoisotopic (exact) mass is 1020 g/mol. The Morgan fingerprint density at radius 2 is 0.378 bits per heavy atom. The first-order valence-electron chi connectivity index (χ1n) is 22.0. The number of benzene rings is 4. The van der Waals surface area contributed by atoms with E-state index in [1.54, 1.807) is 41.5 Å². The number of esters is 6. The van der Waals surface area contributed by atoms with Crippen LogP contribution in [0.15, 0.2) is 221 Å². The standard InChI is InChI=1S/4C8H8.6C5H8O2/c4*1-2-8-6-4-3-5-7-8;6*1-4(2)5(6)7-3/h4*2-7H,1H2;6*1H2,2-3H3. The van der Waals surface area contributed by atoms with Gasteiger partial charge in [0.05, 0.1) is 42.7 Å². The third-order valence-electron chi connectivity index (χ3n) is 7.34. The summed E-state index contributed by atoms with van der Waals surface area (Å²) in [6.07, 6.45) is 7.33. The van der Waals surface area contributed by atoms with Gasteiger partial charge in [-0.25, -0.2) is 28.8 Å². The van der Waals surface area contributed by atoms with E-state index >= 15 is 0 Å². The van der Waals surface area contributed by atoms with E-state index in [2.05, 4.69) is 94.2 Å². The van der Waals surface area contributed by atoms with Crippen molar-refractivity contribution in [3.8, 4) is 0 Å². The van der Waals surface area contributed by atoms with E-state index in [1.165, 1.54) is 64.9 Å². The zero-order valence-corrected chi connectivity index (χ0v) is 45.8. The van der Waals surface area contributed by atoms with Crippen LogP contribution < -0.4 is 0 Å². The number of carbonyl (C=O) groups is 6. The van der Waals surface area contributed by atoms with E-state index in [4.69, 9.17) is 0 Å². The molecule has 0 fully saturated rings. The van der Waals surface area contributed by atoms with Gasteiger partial charge in [-0.2, -0.15) is 0 Å². The van der Waals surface area contributed by atoms with Crippen molar-refractivity contribution in [1.29, 1.82) is 0 Å². The summed E-state index contributed by atoms with van der Waals surface area (Å²) in [4.78, 5) is 61.1. The highest BCUT2D eigenvalue weighted by Gasteiger charge is 1.98. The lowest BCUT2D eigenvalue weighted by atomic mass is 10.2. The molecular weight excluding hydrogens is 937 g/mol. The van der Waals surface area contributed by atoms with Crippen LogP contribution in [0, 0.1) is 0 Å². The first kappa shape index (κ1) is 76.6.